The second-order valence-electron chi connectivity index (χ2n) is 6.92. The maximum absolute atomic E-state index is 4.07. The highest BCUT2D eigenvalue weighted by Gasteiger charge is 2.38. The van der Waals surface area contributed by atoms with E-state index >= 15 is 0 Å². The normalized spacial score (nSPS) is 28.3. The van der Waals surface area contributed by atoms with Crippen LogP contribution < -0.4 is 0 Å². The number of hydrogen-bond donors (Lipinski definition) is 0. The Hall–Kier alpha value is -0.940. The van der Waals surface area contributed by atoms with Crippen molar-refractivity contribution in [1.29, 1.82) is 0 Å². The van der Waals surface area contributed by atoms with Crippen molar-refractivity contribution in [3.05, 3.63) is 12.2 Å². The second kappa shape index (κ2) is 6.44. The second-order valence-corrected chi connectivity index (χ2v) is 6.92. The summed E-state index contributed by atoms with van der Waals surface area (Å²) in [5, 5.41) is 8.05. The number of hydrogen-bond acceptors (Lipinski definition) is 4. The number of likely N-dealkylation sites (tertiary alicyclic amines) is 2. The Morgan fingerprint density at radius 3 is 2.48 bits per heavy atom. The highest BCUT2D eigenvalue weighted by Crippen LogP contribution is 2.38. The Balaban J connectivity index is 1.56. The summed E-state index contributed by atoms with van der Waals surface area (Å²) in [4.78, 5) is 5.32. The van der Waals surface area contributed by atoms with Gasteiger partial charge in [0.25, 0.3) is 0 Å². The van der Waals surface area contributed by atoms with Crippen molar-refractivity contribution in [2.75, 3.05) is 39.3 Å². The van der Waals surface area contributed by atoms with Gasteiger partial charge in [0.1, 0.15) is 12.2 Å². The van der Waals surface area contributed by atoms with E-state index in [-0.39, 0.29) is 0 Å². The average Bonchev–Trinajstić information content (AvgIpc) is 2.90. The van der Waals surface area contributed by atoms with E-state index in [9.17, 15) is 0 Å². The Kier molecular flexibility index (Phi) is 4.60. The highest BCUT2D eigenvalue weighted by atomic mass is 15.3. The zero-order valence-electron chi connectivity index (χ0n) is 13.6. The van der Waals surface area contributed by atoms with Gasteiger partial charge in [0, 0.05) is 26.2 Å². The molecule has 1 aromatic heterocycles. The molecular formula is C16H29N5. The number of aromatic nitrogens is 3. The summed E-state index contributed by atoms with van der Waals surface area (Å²) in [6, 6.07) is 0. The number of nitrogens with zero attached hydrogens (tertiary/aromatic N) is 5. The van der Waals surface area contributed by atoms with E-state index in [1.807, 2.05) is 13.3 Å². The first-order valence-electron chi connectivity index (χ1n) is 8.50. The molecule has 0 aromatic carbocycles. The summed E-state index contributed by atoms with van der Waals surface area (Å²) in [7, 11) is 0. The molecule has 0 N–H and O–H groups in total. The molecule has 2 aliphatic heterocycles. The van der Waals surface area contributed by atoms with Crippen LogP contribution in [0.25, 0.3) is 0 Å². The average molecular weight is 291 g/mol. The van der Waals surface area contributed by atoms with Crippen LogP contribution in [-0.4, -0.2) is 63.8 Å². The Labute approximate surface area is 128 Å². The molecule has 3 rings (SSSR count). The van der Waals surface area contributed by atoms with E-state index in [0.29, 0.717) is 5.41 Å². The Bertz CT molecular complexity index is 453. The summed E-state index contributed by atoms with van der Waals surface area (Å²) in [5.41, 5.74) is 0.564. The monoisotopic (exact) mass is 291 g/mol. The third-order valence-corrected chi connectivity index (χ3v) is 5.39. The molecule has 0 saturated carbocycles. The molecule has 0 radical (unpaired) electrons. The molecule has 2 aliphatic rings. The van der Waals surface area contributed by atoms with E-state index in [2.05, 4.69) is 31.5 Å². The summed E-state index contributed by atoms with van der Waals surface area (Å²) >= 11 is 0. The smallest absolute Gasteiger partial charge is 0.129 e. The van der Waals surface area contributed by atoms with Gasteiger partial charge in [-0.1, -0.05) is 6.92 Å². The van der Waals surface area contributed by atoms with E-state index in [1.54, 1.807) is 0 Å². The Morgan fingerprint density at radius 1 is 1.10 bits per heavy atom. The molecule has 118 valence electrons. The molecule has 1 atom stereocenters. The maximum Gasteiger partial charge on any atom is 0.129 e. The molecule has 2 fully saturated rings. The van der Waals surface area contributed by atoms with Crippen LogP contribution in [0.1, 0.15) is 38.4 Å². The van der Waals surface area contributed by atoms with Gasteiger partial charge in [-0.15, -0.1) is 10.2 Å². The molecule has 2 saturated heterocycles. The third kappa shape index (κ3) is 3.46. The van der Waals surface area contributed by atoms with Crippen LogP contribution in [0.4, 0.5) is 0 Å². The van der Waals surface area contributed by atoms with Gasteiger partial charge in [-0.05, 0) is 57.7 Å². The van der Waals surface area contributed by atoms with Crippen molar-refractivity contribution in [2.45, 2.75) is 46.1 Å². The predicted octanol–water partition coefficient (Wildman–Crippen LogP) is 1.78. The first kappa shape index (κ1) is 15.0. The fourth-order valence-electron chi connectivity index (χ4n) is 4.20. The van der Waals surface area contributed by atoms with Crippen LogP contribution in [0, 0.1) is 12.3 Å². The topological polar surface area (TPSA) is 37.2 Å². The van der Waals surface area contributed by atoms with Gasteiger partial charge in [0.2, 0.25) is 0 Å². The summed E-state index contributed by atoms with van der Waals surface area (Å²) in [5.74, 6) is 1.02. The zero-order valence-corrected chi connectivity index (χ0v) is 13.6. The number of piperidine rings is 2. The van der Waals surface area contributed by atoms with Gasteiger partial charge in [0.05, 0.1) is 0 Å². The molecule has 1 unspecified atom stereocenters. The summed E-state index contributed by atoms with van der Waals surface area (Å²) < 4.78 is 2.17. The van der Waals surface area contributed by atoms with E-state index < -0.39 is 0 Å². The lowest BCUT2D eigenvalue weighted by atomic mass is 9.73. The van der Waals surface area contributed by atoms with Crippen LogP contribution in [0.5, 0.6) is 0 Å². The molecule has 1 spiro atoms. The van der Waals surface area contributed by atoms with Crippen LogP contribution in [-0.2, 0) is 6.54 Å². The zero-order chi connectivity index (χ0) is 14.7. The lowest BCUT2D eigenvalue weighted by molar-refractivity contribution is 0.0144. The predicted molar refractivity (Wildman–Crippen MR) is 84.2 cm³/mol. The van der Waals surface area contributed by atoms with Crippen LogP contribution in [0.2, 0.25) is 0 Å². The van der Waals surface area contributed by atoms with E-state index in [1.165, 1.54) is 58.4 Å². The molecule has 1 aromatic rings. The van der Waals surface area contributed by atoms with Gasteiger partial charge in [-0.25, -0.2) is 0 Å². The lowest BCUT2D eigenvalue weighted by Gasteiger charge is -2.48. The number of rotatable bonds is 4. The first-order chi connectivity index (χ1) is 10.2. The minimum Gasteiger partial charge on any atom is -0.317 e. The molecular weight excluding hydrogens is 262 g/mol. The van der Waals surface area contributed by atoms with Crippen molar-refractivity contribution in [3.63, 3.8) is 0 Å². The van der Waals surface area contributed by atoms with Gasteiger partial charge < -0.3 is 14.4 Å². The summed E-state index contributed by atoms with van der Waals surface area (Å²) in [6.07, 6.45) is 7.44. The van der Waals surface area contributed by atoms with Gasteiger partial charge in [-0.2, -0.15) is 0 Å². The molecule has 3 heterocycles. The first-order valence-corrected chi connectivity index (χ1v) is 8.50. The Morgan fingerprint density at radius 2 is 1.81 bits per heavy atom. The number of aryl methyl sites for hydroxylation is 1. The minimum atomic E-state index is 0.564. The molecule has 5 heteroatoms. The third-order valence-electron chi connectivity index (χ3n) is 5.39. The van der Waals surface area contributed by atoms with E-state index in [4.69, 9.17) is 0 Å². The molecule has 0 bridgehead atoms. The van der Waals surface area contributed by atoms with Crippen LogP contribution >= 0.6 is 0 Å². The van der Waals surface area contributed by atoms with Crippen molar-refractivity contribution in [3.8, 4) is 0 Å². The van der Waals surface area contributed by atoms with Crippen molar-refractivity contribution in [2.24, 2.45) is 5.41 Å². The van der Waals surface area contributed by atoms with Crippen molar-refractivity contribution in [1.82, 2.24) is 24.6 Å². The van der Waals surface area contributed by atoms with Gasteiger partial charge in [0.15, 0.2) is 0 Å². The minimum absolute atomic E-state index is 0.564. The highest BCUT2D eigenvalue weighted by molar-refractivity contribution is 4.92. The van der Waals surface area contributed by atoms with Gasteiger partial charge in [-0.3, -0.25) is 0 Å². The molecule has 0 aliphatic carbocycles. The SMILES string of the molecule is CCN1CCCC2(CCCN(CCn3cnnc3C)C2)C1. The van der Waals surface area contributed by atoms with Crippen LogP contribution in [0.15, 0.2) is 6.33 Å². The molecule has 0 amide bonds. The maximum atomic E-state index is 4.07. The van der Waals surface area contributed by atoms with Gasteiger partial charge >= 0.3 is 0 Å². The van der Waals surface area contributed by atoms with Crippen molar-refractivity contribution >= 4 is 0 Å². The molecule has 5 nitrogen and oxygen atoms in total. The quantitative estimate of drug-likeness (QED) is 0.847. The fourth-order valence-corrected chi connectivity index (χ4v) is 4.20. The lowest BCUT2D eigenvalue weighted by Crippen LogP contribution is -2.52. The van der Waals surface area contributed by atoms with Crippen molar-refractivity contribution < 1.29 is 0 Å². The van der Waals surface area contributed by atoms with E-state index in [0.717, 1.165) is 18.9 Å². The van der Waals surface area contributed by atoms with Crippen LogP contribution in [0.3, 0.4) is 0 Å². The standard InChI is InChI=1S/C16H29N5/c1-3-19-8-4-6-16(12-19)7-5-9-20(13-16)10-11-21-14-17-18-15(21)2/h14H,3-13H2,1-2H3. The largest absolute Gasteiger partial charge is 0.317 e. The summed E-state index contributed by atoms with van der Waals surface area (Å²) in [6.45, 7) is 12.9. The molecule has 21 heavy (non-hydrogen) atoms. The fraction of sp³-hybridized carbons (Fsp3) is 0.875.